The Morgan fingerprint density at radius 2 is 2.00 bits per heavy atom. The Morgan fingerprint density at radius 3 is 2.55 bits per heavy atom. The second-order valence-electron chi connectivity index (χ2n) is 5.74. The summed E-state index contributed by atoms with van der Waals surface area (Å²) in [5, 5.41) is 14.2. The molecule has 0 aliphatic heterocycles. The van der Waals surface area contributed by atoms with Crippen molar-refractivity contribution in [3.8, 4) is 0 Å². The molecule has 0 atom stereocenters. The first-order valence-electron chi connectivity index (χ1n) is 7.34. The lowest BCUT2D eigenvalue weighted by Crippen LogP contribution is -2.39. The Hall–Kier alpha value is -0.770. The van der Waals surface area contributed by atoms with Gasteiger partial charge in [-0.1, -0.05) is 24.6 Å². The van der Waals surface area contributed by atoms with Gasteiger partial charge in [0, 0.05) is 35.9 Å². The molecule has 3 nitrogen and oxygen atoms in total. The van der Waals surface area contributed by atoms with Gasteiger partial charge in [0.2, 0.25) is 0 Å². The lowest BCUT2D eigenvalue weighted by atomic mass is 10.1. The van der Waals surface area contributed by atoms with Crippen LogP contribution in [0.4, 0.5) is 5.69 Å². The second-order valence-corrected chi connectivity index (χ2v) is 6.15. The fourth-order valence-electron chi connectivity index (χ4n) is 2.24. The summed E-state index contributed by atoms with van der Waals surface area (Å²) < 4.78 is 0. The largest absolute Gasteiger partial charge is 0.389 e. The molecule has 0 aromatic heterocycles. The van der Waals surface area contributed by atoms with E-state index >= 15 is 0 Å². The maximum Gasteiger partial charge on any atom is 0.0765 e. The van der Waals surface area contributed by atoms with E-state index in [1.807, 2.05) is 26.0 Å². The molecule has 0 aliphatic carbocycles. The van der Waals surface area contributed by atoms with Gasteiger partial charge < -0.3 is 15.3 Å². The van der Waals surface area contributed by atoms with Crippen LogP contribution >= 0.6 is 11.6 Å². The third kappa shape index (κ3) is 5.31. The van der Waals surface area contributed by atoms with Gasteiger partial charge >= 0.3 is 0 Å². The standard InChI is InChI=1S/C16H27ClN2O/c1-5-10-18-11-13-14(17)8-7-9-15(13)19(6-2)12-16(3,4)20/h7-9,18,20H,5-6,10-12H2,1-4H3. The Labute approximate surface area is 127 Å². The zero-order valence-electron chi connectivity index (χ0n) is 13.0. The molecule has 0 fully saturated rings. The first-order valence-corrected chi connectivity index (χ1v) is 7.72. The number of rotatable bonds is 8. The molecule has 0 unspecified atom stereocenters. The van der Waals surface area contributed by atoms with Gasteiger partial charge in [0.05, 0.1) is 5.60 Å². The molecule has 0 heterocycles. The molecule has 114 valence electrons. The maximum absolute atomic E-state index is 10.1. The molecule has 0 radical (unpaired) electrons. The molecule has 1 aromatic rings. The predicted octanol–water partition coefficient (Wildman–Crippen LogP) is 3.44. The monoisotopic (exact) mass is 298 g/mol. The zero-order valence-corrected chi connectivity index (χ0v) is 13.8. The smallest absolute Gasteiger partial charge is 0.0765 e. The van der Waals surface area contributed by atoms with E-state index in [0.717, 1.165) is 42.3 Å². The highest BCUT2D eigenvalue weighted by molar-refractivity contribution is 6.31. The molecular weight excluding hydrogens is 272 g/mol. The van der Waals surface area contributed by atoms with Crippen LogP contribution in [-0.4, -0.2) is 30.3 Å². The Balaban J connectivity index is 2.98. The van der Waals surface area contributed by atoms with Crippen molar-refractivity contribution in [2.45, 2.75) is 46.3 Å². The van der Waals surface area contributed by atoms with Gasteiger partial charge in [-0.25, -0.2) is 0 Å². The average molecular weight is 299 g/mol. The first kappa shape index (κ1) is 17.3. The van der Waals surface area contributed by atoms with Crippen molar-refractivity contribution in [3.63, 3.8) is 0 Å². The van der Waals surface area contributed by atoms with Crippen molar-refractivity contribution < 1.29 is 5.11 Å². The average Bonchev–Trinajstić information content (AvgIpc) is 2.37. The molecule has 0 spiro atoms. The van der Waals surface area contributed by atoms with Gasteiger partial charge in [-0.2, -0.15) is 0 Å². The molecule has 0 saturated heterocycles. The molecule has 0 amide bonds. The van der Waals surface area contributed by atoms with Crippen molar-refractivity contribution in [1.82, 2.24) is 5.32 Å². The predicted molar refractivity (Wildman–Crippen MR) is 87.6 cm³/mol. The van der Waals surface area contributed by atoms with Crippen LogP contribution in [0.5, 0.6) is 0 Å². The first-order chi connectivity index (χ1) is 9.39. The highest BCUT2D eigenvalue weighted by Crippen LogP contribution is 2.28. The summed E-state index contributed by atoms with van der Waals surface area (Å²) in [5.41, 5.74) is 1.48. The van der Waals surface area contributed by atoms with Crippen molar-refractivity contribution in [3.05, 3.63) is 28.8 Å². The fraction of sp³-hybridized carbons (Fsp3) is 0.625. The summed E-state index contributed by atoms with van der Waals surface area (Å²) in [5.74, 6) is 0. The molecule has 0 bridgehead atoms. The van der Waals surface area contributed by atoms with Gasteiger partial charge in [-0.15, -0.1) is 0 Å². The van der Waals surface area contributed by atoms with Gasteiger partial charge in [0.25, 0.3) is 0 Å². The van der Waals surface area contributed by atoms with Gasteiger partial charge in [0.15, 0.2) is 0 Å². The SMILES string of the molecule is CCCNCc1c(Cl)cccc1N(CC)CC(C)(C)O. The summed E-state index contributed by atoms with van der Waals surface area (Å²) in [4.78, 5) is 2.18. The van der Waals surface area contributed by atoms with Gasteiger partial charge in [-0.3, -0.25) is 0 Å². The van der Waals surface area contributed by atoms with Crippen LogP contribution in [0.1, 0.15) is 39.7 Å². The summed E-state index contributed by atoms with van der Waals surface area (Å²) in [7, 11) is 0. The van der Waals surface area contributed by atoms with Gasteiger partial charge in [-0.05, 0) is 45.9 Å². The number of nitrogens with one attached hydrogen (secondary N) is 1. The van der Waals surface area contributed by atoms with Crippen LogP contribution < -0.4 is 10.2 Å². The van der Waals surface area contributed by atoms with Crippen molar-refractivity contribution in [2.24, 2.45) is 0 Å². The summed E-state index contributed by atoms with van der Waals surface area (Å²) in [6, 6.07) is 5.96. The zero-order chi connectivity index (χ0) is 15.2. The normalized spacial score (nSPS) is 11.7. The highest BCUT2D eigenvalue weighted by atomic mass is 35.5. The Morgan fingerprint density at radius 1 is 1.30 bits per heavy atom. The molecular formula is C16H27ClN2O. The van der Waals surface area contributed by atoms with Crippen LogP contribution in [0.3, 0.4) is 0 Å². The minimum absolute atomic E-state index is 0.588. The van der Waals surface area contributed by atoms with Crippen molar-refractivity contribution in [1.29, 1.82) is 0 Å². The molecule has 20 heavy (non-hydrogen) atoms. The molecule has 2 N–H and O–H groups in total. The summed E-state index contributed by atoms with van der Waals surface area (Å²) >= 11 is 6.35. The highest BCUT2D eigenvalue weighted by Gasteiger charge is 2.20. The van der Waals surface area contributed by atoms with E-state index in [1.165, 1.54) is 0 Å². The molecule has 1 aromatic carbocycles. The molecule has 4 heteroatoms. The molecule has 0 saturated carbocycles. The van der Waals surface area contributed by atoms with E-state index in [1.54, 1.807) is 0 Å². The van der Waals surface area contributed by atoms with Crippen LogP contribution in [0.25, 0.3) is 0 Å². The summed E-state index contributed by atoms with van der Waals surface area (Å²) in [6.07, 6.45) is 1.10. The minimum atomic E-state index is -0.730. The number of aliphatic hydroxyl groups is 1. The molecule has 1 rings (SSSR count). The van der Waals surface area contributed by atoms with Crippen LogP contribution in [-0.2, 0) is 6.54 Å². The quantitative estimate of drug-likeness (QED) is 0.722. The number of likely N-dealkylation sites (N-methyl/N-ethyl adjacent to an activating group) is 1. The third-order valence-electron chi connectivity index (χ3n) is 3.12. The van der Waals surface area contributed by atoms with Crippen LogP contribution in [0, 0.1) is 0 Å². The lowest BCUT2D eigenvalue weighted by Gasteiger charge is -2.31. The number of nitrogens with zero attached hydrogens (tertiary/aromatic N) is 1. The number of anilines is 1. The third-order valence-corrected chi connectivity index (χ3v) is 3.48. The van der Waals surface area contributed by atoms with Crippen molar-refractivity contribution in [2.75, 3.05) is 24.5 Å². The lowest BCUT2D eigenvalue weighted by molar-refractivity contribution is 0.0875. The number of hydrogen-bond acceptors (Lipinski definition) is 3. The van der Waals surface area contributed by atoms with Gasteiger partial charge in [0.1, 0.15) is 0 Å². The van der Waals surface area contributed by atoms with E-state index < -0.39 is 5.60 Å². The second kappa shape index (κ2) is 7.87. The number of hydrogen-bond donors (Lipinski definition) is 2. The minimum Gasteiger partial charge on any atom is -0.389 e. The molecule has 0 aliphatic rings. The van der Waals surface area contributed by atoms with E-state index in [-0.39, 0.29) is 0 Å². The Kier molecular flexibility index (Phi) is 6.80. The number of benzene rings is 1. The van der Waals surface area contributed by atoms with E-state index in [0.29, 0.717) is 6.54 Å². The fourth-order valence-corrected chi connectivity index (χ4v) is 2.48. The van der Waals surface area contributed by atoms with Crippen LogP contribution in [0.15, 0.2) is 18.2 Å². The van der Waals surface area contributed by atoms with E-state index in [2.05, 4.69) is 30.1 Å². The topological polar surface area (TPSA) is 35.5 Å². The Bertz CT molecular complexity index is 415. The van der Waals surface area contributed by atoms with E-state index in [4.69, 9.17) is 11.6 Å². The van der Waals surface area contributed by atoms with Crippen molar-refractivity contribution >= 4 is 17.3 Å². The van der Waals surface area contributed by atoms with Crippen LogP contribution in [0.2, 0.25) is 5.02 Å². The number of halogens is 1. The maximum atomic E-state index is 10.1. The van der Waals surface area contributed by atoms with E-state index in [9.17, 15) is 5.11 Å². The summed E-state index contributed by atoms with van der Waals surface area (Å²) in [6.45, 7) is 11.1.